The highest BCUT2D eigenvalue weighted by atomic mass is 16.5. The molecule has 7 nitrogen and oxygen atoms in total. The molecule has 2 aliphatic heterocycles. The van der Waals surface area contributed by atoms with Crippen LogP contribution in [0.4, 0.5) is 11.4 Å². The van der Waals surface area contributed by atoms with Crippen LogP contribution in [0.2, 0.25) is 0 Å². The summed E-state index contributed by atoms with van der Waals surface area (Å²) in [6, 6.07) is 9.83. The lowest BCUT2D eigenvalue weighted by molar-refractivity contribution is -0.125. The smallest absolute Gasteiger partial charge is 0.267 e. The Morgan fingerprint density at radius 3 is 2.68 bits per heavy atom. The number of carbonyl (C=O) groups excluding carboxylic acids is 1. The van der Waals surface area contributed by atoms with Gasteiger partial charge in [0.05, 0.1) is 17.1 Å². The van der Waals surface area contributed by atoms with E-state index >= 15 is 0 Å². The summed E-state index contributed by atoms with van der Waals surface area (Å²) in [5.74, 6) is 0.678. The van der Waals surface area contributed by atoms with Crippen molar-refractivity contribution in [2.24, 2.45) is 0 Å². The van der Waals surface area contributed by atoms with E-state index in [0.29, 0.717) is 5.69 Å². The number of pyridine rings is 1. The van der Waals surface area contributed by atoms with Crippen LogP contribution in [0.15, 0.2) is 36.5 Å². The fourth-order valence-electron chi connectivity index (χ4n) is 4.66. The molecule has 31 heavy (non-hydrogen) atoms. The van der Waals surface area contributed by atoms with Gasteiger partial charge in [-0.15, -0.1) is 0 Å². The van der Waals surface area contributed by atoms with Gasteiger partial charge in [-0.1, -0.05) is 12.8 Å². The third-order valence-corrected chi connectivity index (χ3v) is 6.39. The minimum atomic E-state index is -0.472. The van der Waals surface area contributed by atoms with E-state index in [-0.39, 0.29) is 5.91 Å². The molecule has 1 aromatic carbocycles. The number of carbonyl (C=O) groups is 1. The number of hydrogen-bond acceptors (Lipinski definition) is 5. The Morgan fingerprint density at radius 2 is 1.90 bits per heavy atom. The maximum Gasteiger partial charge on any atom is 0.267 e. The summed E-state index contributed by atoms with van der Waals surface area (Å²) < 4.78 is 7.92. The zero-order valence-corrected chi connectivity index (χ0v) is 18.2. The number of aromatic nitrogens is 2. The van der Waals surface area contributed by atoms with Crippen molar-refractivity contribution in [2.75, 3.05) is 30.8 Å². The van der Waals surface area contributed by atoms with Gasteiger partial charge in [-0.05, 0) is 63.2 Å². The van der Waals surface area contributed by atoms with Crippen molar-refractivity contribution in [3.05, 3.63) is 42.2 Å². The molecule has 0 bridgehead atoms. The number of fused-ring (bicyclic) bond motifs is 2. The largest absolute Gasteiger partial charge is 0.479 e. The van der Waals surface area contributed by atoms with Gasteiger partial charge in [0.15, 0.2) is 6.10 Å². The van der Waals surface area contributed by atoms with E-state index in [4.69, 9.17) is 15.5 Å². The molecule has 5 rings (SSSR count). The summed E-state index contributed by atoms with van der Waals surface area (Å²) in [5, 5.41) is 0. The Labute approximate surface area is 182 Å². The second kappa shape index (κ2) is 7.89. The Bertz CT molecular complexity index is 1130. The van der Waals surface area contributed by atoms with Crippen LogP contribution in [-0.2, 0) is 11.3 Å². The number of likely N-dealkylation sites (N-methyl/N-ethyl adjacent to an activating group) is 1. The predicted molar refractivity (Wildman–Crippen MR) is 122 cm³/mol. The van der Waals surface area contributed by atoms with Crippen LogP contribution in [0.5, 0.6) is 5.75 Å². The van der Waals surface area contributed by atoms with Crippen LogP contribution in [0, 0.1) is 0 Å². The summed E-state index contributed by atoms with van der Waals surface area (Å²) in [6.07, 6.45) is 6.54. The van der Waals surface area contributed by atoms with Crippen LogP contribution < -0.4 is 15.4 Å². The van der Waals surface area contributed by atoms with E-state index in [2.05, 4.69) is 9.30 Å². The number of nitrogen functional groups attached to an aromatic ring is 1. The van der Waals surface area contributed by atoms with Crippen molar-refractivity contribution in [1.82, 2.24) is 14.3 Å². The fraction of sp³-hybridized carbons (Fsp3) is 0.417. The van der Waals surface area contributed by atoms with Crippen LogP contribution >= 0.6 is 0 Å². The highest BCUT2D eigenvalue weighted by Gasteiger charge is 2.29. The summed E-state index contributed by atoms with van der Waals surface area (Å²) in [7, 11) is 1.80. The second-order valence-electron chi connectivity index (χ2n) is 8.63. The number of likely N-dealkylation sites (tertiary alicyclic amines) is 1. The molecule has 0 spiro atoms. The molecule has 1 amide bonds. The van der Waals surface area contributed by atoms with E-state index in [1.807, 2.05) is 36.5 Å². The van der Waals surface area contributed by atoms with E-state index < -0.39 is 6.10 Å². The fourth-order valence-corrected chi connectivity index (χ4v) is 4.66. The summed E-state index contributed by atoms with van der Waals surface area (Å²) in [6.45, 7) is 4.80. The molecule has 1 fully saturated rings. The van der Waals surface area contributed by atoms with Crippen molar-refractivity contribution >= 4 is 22.9 Å². The first-order chi connectivity index (χ1) is 15.0. The first-order valence-corrected chi connectivity index (χ1v) is 11.1. The number of hydrogen-bond donors (Lipinski definition) is 1. The number of nitrogens with two attached hydrogens (primary N) is 1. The Morgan fingerprint density at radius 1 is 1.13 bits per heavy atom. The van der Waals surface area contributed by atoms with E-state index in [1.165, 1.54) is 25.7 Å². The second-order valence-corrected chi connectivity index (χ2v) is 8.63. The topological polar surface area (TPSA) is 76.1 Å². The Balaban J connectivity index is 1.60. The number of imidazole rings is 1. The quantitative estimate of drug-likeness (QED) is 0.701. The monoisotopic (exact) mass is 419 g/mol. The molecule has 2 N–H and O–H groups in total. The molecule has 7 heteroatoms. The number of anilines is 2. The number of amides is 1. The SMILES string of the molecule is CC1Oc2ccc(-c3nc4ccc(N)cn4c3CN3CCCCCC3)cc2N(C)C1=O. The molecule has 2 aliphatic rings. The van der Waals surface area contributed by atoms with Gasteiger partial charge in [-0.25, -0.2) is 4.98 Å². The summed E-state index contributed by atoms with van der Waals surface area (Å²) >= 11 is 0. The average molecular weight is 420 g/mol. The zero-order valence-electron chi connectivity index (χ0n) is 18.2. The van der Waals surface area contributed by atoms with Gasteiger partial charge < -0.3 is 19.8 Å². The molecule has 4 heterocycles. The van der Waals surface area contributed by atoms with Crippen molar-refractivity contribution in [2.45, 2.75) is 45.3 Å². The standard InChI is InChI=1S/C24H29N5O2/c1-16-24(30)27(2)19-13-17(7-9-21(19)31-16)23-20(15-28-11-5-3-4-6-12-28)29-14-18(25)8-10-22(29)26-23/h7-10,13-14,16H,3-6,11-12,15,25H2,1-2H3. The van der Waals surface area contributed by atoms with Crippen molar-refractivity contribution in [3.8, 4) is 17.0 Å². The molecule has 2 aromatic heterocycles. The highest BCUT2D eigenvalue weighted by molar-refractivity contribution is 6.00. The molecule has 3 aromatic rings. The normalized spacial score (nSPS) is 19.9. The maximum absolute atomic E-state index is 12.4. The molecule has 1 saturated heterocycles. The van der Waals surface area contributed by atoms with Crippen LogP contribution in [0.3, 0.4) is 0 Å². The molecular weight excluding hydrogens is 390 g/mol. The van der Waals surface area contributed by atoms with Crippen LogP contribution in [0.25, 0.3) is 16.9 Å². The maximum atomic E-state index is 12.4. The third-order valence-electron chi connectivity index (χ3n) is 6.39. The lowest BCUT2D eigenvalue weighted by Gasteiger charge is -2.30. The first-order valence-electron chi connectivity index (χ1n) is 11.1. The Hall–Kier alpha value is -3.06. The number of rotatable bonds is 3. The lowest BCUT2D eigenvalue weighted by Crippen LogP contribution is -2.41. The summed E-state index contributed by atoms with van der Waals surface area (Å²) in [5.41, 5.74) is 11.5. The number of nitrogens with zero attached hydrogens (tertiary/aromatic N) is 4. The Kier molecular flexibility index (Phi) is 5.06. The third kappa shape index (κ3) is 3.63. The molecule has 1 atom stereocenters. The van der Waals surface area contributed by atoms with E-state index in [9.17, 15) is 4.79 Å². The predicted octanol–water partition coefficient (Wildman–Crippen LogP) is 3.70. The molecule has 162 valence electrons. The van der Waals surface area contributed by atoms with Gasteiger partial charge in [0, 0.05) is 31.0 Å². The van der Waals surface area contributed by atoms with E-state index in [1.54, 1.807) is 18.9 Å². The minimum absolute atomic E-state index is 0.0442. The van der Waals surface area contributed by atoms with Gasteiger partial charge in [0.1, 0.15) is 11.4 Å². The molecule has 0 aliphatic carbocycles. The van der Waals surface area contributed by atoms with Crippen molar-refractivity contribution < 1.29 is 9.53 Å². The minimum Gasteiger partial charge on any atom is -0.479 e. The van der Waals surface area contributed by atoms with Crippen molar-refractivity contribution in [3.63, 3.8) is 0 Å². The molecular formula is C24H29N5O2. The van der Waals surface area contributed by atoms with Gasteiger partial charge in [-0.3, -0.25) is 9.69 Å². The number of benzene rings is 1. The first kappa shape index (κ1) is 19.9. The lowest BCUT2D eigenvalue weighted by atomic mass is 10.1. The highest BCUT2D eigenvalue weighted by Crippen LogP contribution is 2.38. The molecule has 0 radical (unpaired) electrons. The van der Waals surface area contributed by atoms with Gasteiger partial charge in [0.25, 0.3) is 5.91 Å². The number of ether oxygens (including phenoxy) is 1. The average Bonchev–Trinajstić information content (AvgIpc) is 2.93. The van der Waals surface area contributed by atoms with Crippen molar-refractivity contribution in [1.29, 1.82) is 0 Å². The van der Waals surface area contributed by atoms with E-state index in [0.717, 1.165) is 53.7 Å². The van der Waals surface area contributed by atoms with Gasteiger partial charge in [0.2, 0.25) is 0 Å². The summed E-state index contributed by atoms with van der Waals surface area (Å²) in [4.78, 5) is 21.6. The van der Waals surface area contributed by atoms with Crippen LogP contribution in [0.1, 0.15) is 38.3 Å². The van der Waals surface area contributed by atoms with Gasteiger partial charge >= 0.3 is 0 Å². The van der Waals surface area contributed by atoms with Gasteiger partial charge in [-0.2, -0.15) is 0 Å². The molecule has 0 saturated carbocycles. The van der Waals surface area contributed by atoms with Crippen LogP contribution in [-0.4, -0.2) is 46.4 Å². The zero-order chi connectivity index (χ0) is 21.5. The molecule has 1 unspecified atom stereocenters.